The summed E-state index contributed by atoms with van der Waals surface area (Å²) in [7, 11) is 1.62. The van der Waals surface area contributed by atoms with Crippen LogP contribution in [0, 0.1) is 0 Å². The van der Waals surface area contributed by atoms with E-state index in [1.807, 2.05) is 19.9 Å². The maximum absolute atomic E-state index is 12.4. The normalized spacial score (nSPS) is 21.4. The minimum atomic E-state index is -1.02. The molecule has 1 aliphatic heterocycles. The summed E-state index contributed by atoms with van der Waals surface area (Å²) in [5, 5.41) is 0. The average Bonchev–Trinajstić information content (AvgIpc) is 2.66. The largest absolute Gasteiger partial charge is 0.490 e. The molecule has 1 aliphatic rings. The Morgan fingerprint density at radius 3 is 2.38 bits per heavy atom. The third-order valence-electron chi connectivity index (χ3n) is 3.51. The summed E-state index contributed by atoms with van der Waals surface area (Å²) in [6, 6.07) is 5.41. The van der Waals surface area contributed by atoms with Gasteiger partial charge in [0.2, 0.25) is 0 Å². The second-order valence-corrected chi connectivity index (χ2v) is 4.93. The van der Waals surface area contributed by atoms with Crippen LogP contribution in [0.4, 0.5) is 0 Å². The number of guanidine groups is 1. The van der Waals surface area contributed by atoms with Crippen LogP contribution >= 0.6 is 0 Å². The van der Waals surface area contributed by atoms with Crippen molar-refractivity contribution in [1.29, 1.82) is 0 Å². The van der Waals surface area contributed by atoms with E-state index in [0.717, 1.165) is 5.56 Å². The lowest BCUT2D eigenvalue weighted by molar-refractivity contribution is -0.130. The second kappa shape index (κ2) is 5.63. The highest BCUT2D eigenvalue weighted by atomic mass is 16.5. The van der Waals surface area contributed by atoms with Gasteiger partial charge in [0.05, 0.1) is 13.2 Å². The van der Waals surface area contributed by atoms with Gasteiger partial charge in [-0.3, -0.25) is 9.69 Å². The molecule has 1 amide bonds. The number of hydrogen-bond acceptors (Lipinski definition) is 5. The lowest BCUT2D eigenvalue weighted by Crippen LogP contribution is -2.38. The second-order valence-electron chi connectivity index (χ2n) is 4.93. The smallest absolute Gasteiger partial charge is 0.261 e. The molecule has 114 valence electrons. The van der Waals surface area contributed by atoms with Crippen LogP contribution in [0.2, 0.25) is 0 Å². The van der Waals surface area contributed by atoms with Gasteiger partial charge in [-0.15, -0.1) is 0 Å². The first-order valence-electron chi connectivity index (χ1n) is 6.97. The SMILES string of the molecule is CCOc1ccc([C@@]2(C)N=C(N)N(C)C2=O)cc1OCC. The van der Waals surface area contributed by atoms with Gasteiger partial charge in [0.15, 0.2) is 23.0 Å². The van der Waals surface area contributed by atoms with Gasteiger partial charge in [0.25, 0.3) is 5.91 Å². The number of nitrogens with zero attached hydrogens (tertiary/aromatic N) is 2. The average molecular weight is 291 g/mol. The number of aliphatic imine (C=N–C) groups is 1. The molecule has 0 unspecified atom stereocenters. The van der Waals surface area contributed by atoms with Crippen LogP contribution in [0.5, 0.6) is 11.5 Å². The van der Waals surface area contributed by atoms with Gasteiger partial charge < -0.3 is 15.2 Å². The molecule has 2 rings (SSSR count). The van der Waals surface area contributed by atoms with Crippen LogP contribution in [-0.4, -0.2) is 37.0 Å². The standard InChI is InChI=1S/C15H21N3O3/c1-5-20-11-8-7-10(9-12(11)21-6-2)15(3)13(19)18(4)14(16)17-15/h7-9H,5-6H2,1-4H3,(H2,16,17)/t15-/m1/s1. The first-order valence-corrected chi connectivity index (χ1v) is 6.97. The molecule has 2 N–H and O–H groups in total. The molecule has 0 aromatic heterocycles. The summed E-state index contributed by atoms with van der Waals surface area (Å²) in [6.07, 6.45) is 0. The number of amides is 1. The van der Waals surface area contributed by atoms with Crippen molar-refractivity contribution in [1.82, 2.24) is 4.90 Å². The predicted molar refractivity (Wildman–Crippen MR) is 80.5 cm³/mol. The van der Waals surface area contributed by atoms with E-state index in [1.165, 1.54) is 4.90 Å². The first-order chi connectivity index (χ1) is 9.93. The minimum absolute atomic E-state index is 0.161. The van der Waals surface area contributed by atoms with Gasteiger partial charge >= 0.3 is 0 Å². The van der Waals surface area contributed by atoms with Crippen LogP contribution in [0.15, 0.2) is 23.2 Å². The summed E-state index contributed by atoms with van der Waals surface area (Å²) < 4.78 is 11.1. The summed E-state index contributed by atoms with van der Waals surface area (Å²) in [5.41, 5.74) is 5.47. The highest BCUT2D eigenvalue weighted by molar-refractivity contribution is 6.06. The lowest BCUT2D eigenvalue weighted by atomic mass is 9.92. The predicted octanol–water partition coefficient (Wildman–Crippen LogP) is 1.49. The number of likely N-dealkylation sites (N-methyl/N-ethyl adjacent to an activating group) is 1. The van der Waals surface area contributed by atoms with Crippen molar-refractivity contribution in [2.45, 2.75) is 26.3 Å². The molecule has 0 bridgehead atoms. The highest BCUT2D eigenvalue weighted by Crippen LogP contribution is 2.37. The zero-order valence-electron chi connectivity index (χ0n) is 12.8. The number of ether oxygens (including phenoxy) is 2. The fraction of sp³-hybridized carbons (Fsp3) is 0.467. The molecule has 0 spiro atoms. The van der Waals surface area contributed by atoms with Crippen molar-refractivity contribution in [3.05, 3.63) is 23.8 Å². The van der Waals surface area contributed by atoms with Crippen molar-refractivity contribution < 1.29 is 14.3 Å². The van der Waals surface area contributed by atoms with E-state index in [4.69, 9.17) is 15.2 Å². The van der Waals surface area contributed by atoms with Gasteiger partial charge in [-0.1, -0.05) is 6.07 Å². The molecule has 1 aromatic carbocycles. The van der Waals surface area contributed by atoms with Crippen molar-refractivity contribution in [3.8, 4) is 11.5 Å². The van der Waals surface area contributed by atoms with Crippen molar-refractivity contribution in [2.75, 3.05) is 20.3 Å². The van der Waals surface area contributed by atoms with Gasteiger partial charge in [-0.2, -0.15) is 0 Å². The molecule has 0 radical (unpaired) electrons. The van der Waals surface area contributed by atoms with Crippen molar-refractivity contribution in [2.24, 2.45) is 10.7 Å². The Kier molecular flexibility index (Phi) is 4.06. The Bertz CT molecular complexity index is 586. The molecule has 0 aliphatic carbocycles. The molecule has 21 heavy (non-hydrogen) atoms. The third kappa shape index (κ3) is 2.53. The molecule has 0 saturated carbocycles. The van der Waals surface area contributed by atoms with E-state index in [0.29, 0.717) is 24.7 Å². The van der Waals surface area contributed by atoms with E-state index in [-0.39, 0.29) is 11.9 Å². The lowest BCUT2D eigenvalue weighted by Gasteiger charge is -2.22. The summed E-state index contributed by atoms with van der Waals surface area (Å²) in [4.78, 5) is 18.0. The molecule has 1 atom stereocenters. The number of carbonyl (C=O) groups is 1. The zero-order chi connectivity index (χ0) is 15.6. The van der Waals surface area contributed by atoms with Crippen LogP contribution in [0.3, 0.4) is 0 Å². The molecule has 1 aromatic rings. The quantitative estimate of drug-likeness (QED) is 0.891. The third-order valence-corrected chi connectivity index (χ3v) is 3.51. The molecule has 0 saturated heterocycles. The maximum atomic E-state index is 12.4. The number of carbonyl (C=O) groups excluding carboxylic acids is 1. The Hall–Kier alpha value is -2.24. The highest BCUT2D eigenvalue weighted by Gasteiger charge is 2.44. The Balaban J connectivity index is 2.45. The van der Waals surface area contributed by atoms with Crippen molar-refractivity contribution in [3.63, 3.8) is 0 Å². The van der Waals surface area contributed by atoms with Crippen LogP contribution < -0.4 is 15.2 Å². The van der Waals surface area contributed by atoms with Gasteiger partial charge in [-0.05, 0) is 38.5 Å². The molecular weight excluding hydrogens is 270 g/mol. The van der Waals surface area contributed by atoms with Gasteiger partial charge in [0.1, 0.15) is 0 Å². The van der Waals surface area contributed by atoms with Gasteiger partial charge in [-0.25, -0.2) is 4.99 Å². The summed E-state index contributed by atoms with van der Waals surface area (Å²) >= 11 is 0. The van der Waals surface area contributed by atoms with Crippen LogP contribution in [-0.2, 0) is 10.3 Å². The van der Waals surface area contributed by atoms with E-state index in [9.17, 15) is 4.79 Å². The Morgan fingerprint density at radius 2 is 1.86 bits per heavy atom. The Labute approximate surface area is 124 Å². The first kappa shape index (κ1) is 15.2. The Morgan fingerprint density at radius 1 is 1.24 bits per heavy atom. The van der Waals surface area contributed by atoms with Crippen LogP contribution in [0.25, 0.3) is 0 Å². The monoisotopic (exact) mass is 291 g/mol. The molecule has 1 heterocycles. The van der Waals surface area contributed by atoms with E-state index >= 15 is 0 Å². The molecular formula is C15H21N3O3. The van der Waals surface area contributed by atoms with Gasteiger partial charge in [0, 0.05) is 7.05 Å². The van der Waals surface area contributed by atoms with E-state index < -0.39 is 5.54 Å². The zero-order valence-corrected chi connectivity index (χ0v) is 12.8. The van der Waals surface area contributed by atoms with E-state index in [1.54, 1.807) is 26.1 Å². The molecule has 6 nitrogen and oxygen atoms in total. The number of rotatable bonds is 5. The fourth-order valence-electron chi connectivity index (χ4n) is 2.32. The number of nitrogens with two attached hydrogens (primary N) is 1. The van der Waals surface area contributed by atoms with Crippen LogP contribution in [0.1, 0.15) is 26.3 Å². The maximum Gasteiger partial charge on any atom is 0.261 e. The van der Waals surface area contributed by atoms with Crippen molar-refractivity contribution >= 4 is 11.9 Å². The number of benzene rings is 1. The minimum Gasteiger partial charge on any atom is -0.490 e. The number of hydrogen-bond donors (Lipinski definition) is 1. The topological polar surface area (TPSA) is 77.2 Å². The summed E-state index contributed by atoms with van der Waals surface area (Å²) in [5.74, 6) is 1.32. The van der Waals surface area contributed by atoms with E-state index in [2.05, 4.69) is 4.99 Å². The summed E-state index contributed by atoms with van der Waals surface area (Å²) in [6.45, 7) is 6.61. The molecule has 0 fully saturated rings. The molecule has 6 heteroatoms. The fourth-order valence-corrected chi connectivity index (χ4v) is 2.32.